The van der Waals surface area contributed by atoms with Gasteiger partial charge in [0.25, 0.3) is 0 Å². The average molecular weight is 326 g/mol. The van der Waals surface area contributed by atoms with Gasteiger partial charge in [-0.15, -0.1) is 0 Å². The molecule has 0 bridgehead atoms. The minimum Gasteiger partial charge on any atom is -0.385 e. The number of nitrogens with one attached hydrogen (secondary N) is 1. The van der Waals surface area contributed by atoms with E-state index < -0.39 is 0 Å². The smallest absolute Gasteiger partial charge is 0.236 e. The molecule has 132 valence electrons. The van der Waals surface area contributed by atoms with Crippen molar-refractivity contribution in [2.24, 2.45) is 0 Å². The third kappa shape index (κ3) is 6.45. The first kappa shape index (κ1) is 18.2. The van der Waals surface area contributed by atoms with Crippen molar-refractivity contribution in [3.8, 4) is 0 Å². The van der Waals surface area contributed by atoms with Gasteiger partial charge in [-0.2, -0.15) is 0 Å². The van der Waals surface area contributed by atoms with Gasteiger partial charge in [-0.05, 0) is 32.4 Å². The quantitative estimate of drug-likeness (QED) is 0.602. The van der Waals surface area contributed by atoms with Crippen LogP contribution < -0.4 is 5.32 Å². The monoisotopic (exact) mass is 326 g/mol. The average Bonchev–Trinajstić information content (AvgIpc) is 3.05. The maximum Gasteiger partial charge on any atom is 0.236 e. The first-order valence-corrected chi connectivity index (χ1v) is 8.67. The molecule has 2 aliphatic rings. The van der Waals surface area contributed by atoms with Gasteiger partial charge < -0.3 is 15.0 Å². The molecule has 0 aliphatic carbocycles. The molecule has 2 heterocycles. The summed E-state index contributed by atoms with van der Waals surface area (Å²) in [4.78, 5) is 30.4. The van der Waals surface area contributed by atoms with E-state index in [1.165, 1.54) is 12.8 Å². The molecule has 0 aromatic carbocycles. The molecular formula is C16H30N4O3. The highest BCUT2D eigenvalue weighted by Crippen LogP contribution is 2.09. The highest BCUT2D eigenvalue weighted by atomic mass is 16.5. The molecule has 0 unspecified atom stereocenters. The van der Waals surface area contributed by atoms with Gasteiger partial charge in [0.05, 0.1) is 13.1 Å². The zero-order valence-electron chi connectivity index (χ0n) is 14.3. The Kier molecular flexibility index (Phi) is 7.78. The summed E-state index contributed by atoms with van der Waals surface area (Å²) in [6.07, 6.45) is 3.25. The highest BCUT2D eigenvalue weighted by Gasteiger charge is 2.24. The minimum atomic E-state index is 0.0537. The lowest BCUT2D eigenvalue weighted by Gasteiger charge is -2.35. The Morgan fingerprint density at radius 3 is 2.26 bits per heavy atom. The summed E-state index contributed by atoms with van der Waals surface area (Å²) >= 11 is 0. The number of likely N-dealkylation sites (tertiary alicyclic amines) is 1. The molecule has 0 radical (unpaired) electrons. The molecule has 7 heteroatoms. The summed E-state index contributed by atoms with van der Waals surface area (Å²) in [5, 5.41) is 2.90. The third-order valence-electron chi connectivity index (χ3n) is 4.50. The number of carbonyl (C=O) groups excluding carboxylic acids is 2. The molecule has 0 aromatic rings. The Balaban J connectivity index is 1.59. The molecule has 2 aliphatic heterocycles. The van der Waals surface area contributed by atoms with Crippen molar-refractivity contribution in [3.05, 3.63) is 0 Å². The minimum absolute atomic E-state index is 0.0537. The van der Waals surface area contributed by atoms with Crippen molar-refractivity contribution in [2.75, 3.05) is 72.6 Å². The van der Waals surface area contributed by atoms with Crippen LogP contribution in [0.3, 0.4) is 0 Å². The van der Waals surface area contributed by atoms with Crippen molar-refractivity contribution in [2.45, 2.75) is 19.3 Å². The number of nitrogens with zero attached hydrogens (tertiary/aromatic N) is 3. The molecule has 2 rings (SSSR count). The number of ether oxygens (including phenoxy) is 1. The van der Waals surface area contributed by atoms with Crippen molar-refractivity contribution in [1.29, 1.82) is 0 Å². The zero-order valence-corrected chi connectivity index (χ0v) is 14.3. The molecule has 7 nitrogen and oxygen atoms in total. The second kappa shape index (κ2) is 9.85. The van der Waals surface area contributed by atoms with Crippen molar-refractivity contribution in [1.82, 2.24) is 20.0 Å². The molecule has 0 aromatic heterocycles. The lowest BCUT2D eigenvalue weighted by molar-refractivity contribution is -0.134. The van der Waals surface area contributed by atoms with E-state index in [4.69, 9.17) is 4.74 Å². The molecule has 2 saturated heterocycles. The molecular weight excluding hydrogens is 296 g/mol. The number of hydrogen-bond acceptors (Lipinski definition) is 5. The first-order chi connectivity index (χ1) is 11.2. The largest absolute Gasteiger partial charge is 0.385 e. The van der Waals surface area contributed by atoms with Crippen LogP contribution in [-0.4, -0.2) is 99.1 Å². The van der Waals surface area contributed by atoms with Gasteiger partial charge in [0.15, 0.2) is 0 Å². The number of rotatable bonds is 8. The van der Waals surface area contributed by atoms with Crippen LogP contribution in [0.4, 0.5) is 0 Å². The molecule has 2 amide bonds. The lowest BCUT2D eigenvalue weighted by Crippen LogP contribution is -2.52. The first-order valence-electron chi connectivity index (χ1n) is 8.67. The van der Waals surface area contributed by atoms with E-state index in [1.54, 1.807) is 7.11 Å². The van der Waals surface area contributed by atoms with E-state index in [2.05, 4.69) is 15.1 Å². The Labute approximate surface area is 138 Å². The summed E-state index contributed by atoms with van der Waals surface area (Å²) in [6.45, 7) is 7.39. The Bertz CT molecular complexity index is 378. The number of methoxy groups -OCH3 is 1. The normalized spacial score (nSPS) is 20.0. The molecule has 0 atom stereocenters. The lowest BCUT2D eigenvalue weighted by atomic mass is 10.3. The summed E-state index contributed by atoms with van der Waals surface area (Å²) < 4.78 is 4.95. The van der Waals surface area contributed by atoms with Crippen LogP contribution in [0, 0.1) is 0 Å². The van der Waals surface area contributed by atoms with Crippen LogP contribution in [-0.2, 0) is 14.3 Å². The fourth-order valence-corrected chi connectivity index (χ4v) is 3.09. The molecule has 23 heavy (non-hydrogen) atoms. The number of amides is 2. The van der Waals surface area contributed by atoms with Gasteiger partial charge in [-0.3, -0.25) is 19.4 Å². The van der Waals surface area contributed by atoms with E-state index >= 15 is 0 Å². The van der Waals surface area contributed by atoms with Crippen LogP contribution in [0.15, 0.2) is 0 Å². The summed E-state index contributed by atoms with van der Waals surface area (Å²) in [5.74, 6) is 0.286. The van der Waals surface area contributed by atoms with Crippen molar-refractivity contribution < 1.29 is 14.3 Å². The standard InChI is InChI=1S/C16H30N4O3/c1-23-12-4-5-17-15(21)13-19-8-10-20(11-9-19)16(22)14-18-6-2-3-7-18/h2-14H2,1H3,(H,17,21). The zero-order chi connectivity index (χ0) is 16.5. The van der Waals surface area contributed by atoms with Crippen molar-refractivity contribution >= 4 is 11.8 Å². The predicted octanol–water partition coefficient (Wildman–Crippen LogP) is -0.621. The van der Waals surface area contributed by atoms with Gasteiger partial charge in [-0.1, -0.05) is 0 Å². The van der Waals surface area contributed by atoms with E-state index in [0.29, 0.717) is 26.2 Å². The summed E-state index contributed by atoms with van der Waals surface area (Å²) in [7, 11) is 1.66. The SMILES string of the molecule is COCCCNC(=O)CN1CCN(C(=O)CN2CCCC2)CC1. The van der Waals surface area contributed by atoms with Crippen LogP contribution in [0.2, 0.25) is 0 Å². The number of hydrogen-bond donors (Lipinski definition) is 1. The summed E-state index contributed by atoms with van der Waals surface area (Å²) in [5.41, 5.74) is 0. The van der Waals surface area contributed by atoms with Crippen LogP contribution in [0.25, 0.3) is 0 Å². The molecule has 0 saturated carbocycles. The Hall–Kier alpha value is -1.18. The predicted molar refractivity (Wildman–Crippen MR) is 88.2 cm³/mol. The van der Waals surface area contributed by atoms with Crippen molar-refractivity contribution in [3.63, 3.8) is 0 Å². The second-order valence-electron chi connectivity index (χ2n) is 6.34. The van der Waals surface area contributed by atoms with E-state index in [1.807, 2.05) is 4.90 Å². The second-order valence-corrected chi connectivity index (χ2v) is 6.34. The fourth-order valence-electron chi connectivity index (χ4n) is 3.09. The Morgan fingerprint density at radius 2 is 1.61 bits per heavy atom. The van der Waals surface area contributed by atoms with E-state index in [0.717, 1.165) is 45.7 Å². The maximum absolute atomic E-state index is 12.3. The van der Waals surface area contributed by atoms with Gasteiger partial charge in [-0.25, -0.2) is 0 Å². The number of carbonyl (C=O) groups is 2. The van der Waals surface area contributed by atoms with Gasteiger partial charge in [0, 0.05) is 46.4 Å². The van der Waals surface area contributed by atoms with Crippen LogP contribution in [0.5, 0.6) is 0 Å². The third-order valence-corrected chi connectivity index (χ3v) is 4.50. The van der Waals surface area contributed by atoms with Crippen LogP contribution >= 0.6 is 0 Å². The van der Waals surface area contributed by atoms with Gasteiger partial charge in [0.2, 0.25) is 11.8 Å². The molecule has 2 fully saturated rings. The topological polar surface area (TPSA) is 65.1 Å². The van der Waals surface area contributed by atoms with E-state index in [-0.39, 0.29) is 11.8 Å². The molecule has 1 N–H and O–H groups in total. The number of piperazine rings is 1. The van der Waals surface area contributed by atoms with Gasteiger partial charge in [0.1, 0.15) is 0 Å². The summed E-state index contributed by atoms with van der Waals surface area (Å²) in [6, 6.07) is 0. The Morgan fingerprint density at radius 1 is 0.957 bits per heavy atom. The van der Waals surface area contributed by atoms with Crippen LogP contribution in [0.1, 0.15) is 19.3 Å². The van der Waals surface area contributed by atoms with E-state index in [9.17, 15) is 9.59 Å². The highest BCUT2D eigenvalue weighted by molar-refractivity contribution is 5.79. The maximum atomic E-state index is 12.3. The van der Waals surface area contributed by atoms with Gasteiger partial charge >= 0.3 is 0 Å². The molecule has 0 spiro atoms. The fraction of sp³-hybridized carbons (Fsp3) is 0.875.